The van der Waals surface area contributed by atoms with Crippen LogP contribution in [0.4, 0.5) is 13.2 Å². The van der Waals surface area contributed by atoms with Gasteiger partial charge in [0.15, 0.2) is 5.82 Å². The van der Waals surface area contributed by atoms with Crippen LogP contribution >= 0.6 is 0 Å². The van der Waals surface area contributed by atoms with Crippen molar-refractivity contribution in [1.29, 1.82) is 0 Å². The Hall–Kier alpha value is -2.91. The van der Waals surface area contributed by atoms with E-state index in [0.29, 0.717) is 24.9 Å². The molecule has 3 rings (SSSR count). The van der Waals surface area contributed by atoms with Crippen molar-refractivity contribution in [1.82, 2.24) is 25.0 Å². The summed E-state index contributed by atoms with van der Waals surface area (Å²) in [5, 5.41) is 20.8. The maximum absolute atomic E-state index is 12.8. The predicted octanol–water partition coefficient (Wildman–Crippen LogP) is 2.30. The summed E-state index contributed by atoms with van der Waals surface area (Å²) in [6.45, 7) is 0.375. The Bertz CT molecular complexity index is 798. The van der Waals surface area contributed by atoms with Crippen LogP contribution in [0.25, 0.3) is 11.4 Å². The van der Waals surface area contributed by atoms with Crippen LogP contribution in [0, 0.1) is 0 Å². The zero-order valence-corrected chi connectivity index (χ0v) is 11.5. The van der Waals surface area contributed by atoms with E-state index >= 15 is 0 Å². The molecule has 0 fully saturated rings. The molecular formula is C13H10F3N5O2. The van der Waals surface area contributed by atoms with Crippen molar-refractivity contribution in [2.24, 2.45) is 0 Å². The van der Waals surface area contributed by atoms with E-state index in [2.05, 4.69) is 20.3 Å². The van der Waals surface area contributed by atoms with Gasteiger partial charge in [-0.05, 0) is 18.2 Å². The second kappa shape index (κ2) is 5.71. The van der Waals surface area contributed by atoms with Gasteiger partial charge >= 0.3 is 6.18 Å². The van der Waals surface area contributed by atoms with Gasteiger partial charge in [0.25, 0.3) is 0 Å². The summed E-state index contributed by atoms with van der Waals surface area (Å²) < 4.78 is 44.7. The van der Waals surface area contributed by atoms with E-state index < -0.39 is 17.5 Å². The van der Waals surface area contributed by atoms with Crippen molar-refractivity contribution in [2.75, 3.05) is 0 Å². The third kappa shape index (κ3) is 3.47. The SMILES string of the molecule is Oc1cc(-c2ncn(CCc3nnco3)n2)cc(C(F)(F)F)c1. The van der Waals surface area contributed by atoms with Gasteiger partial charge in [-0.15, -0.1) is 10.2 Å². The van der Waals surface area contributed by atoms with Crippen LogP contribution in [-0.4, -0.2) is 30.1 Å². The van der Waals surface area contributed by atoms with E-state index in [1.165, 1.54) is 23.5 Å². The minimum absolute atomic E-state index is 0.0777. The third-order valence-corrected chi connectivity index (χ3v) is 3.00. The number of alkyl halides is 3. The highest BCUT2D eigenvalue weighted by molar-refractivity contribution is 5.59. The van der Waals surface area contributed by atoms with Gasteiger partial charge in [-0.25, -0.2) is 4.98 Å². The van der Waals surface area contributed by atoms with Gasteiger partial charge in [-0.3, -0.25) is 4.68 Å². The molecule has 2 heterocycles. The number of halogens is 3. The molecule has 0 saturated carbocycles. The minimum atomic E-state index is -4.56. The lowest BCUT2D eigenvalue weighted by Gasteiger charge is -2.08. The van der Waals surface area contributed by atoms with Crippen molar-refractivity contribution in [3.63, 3.8) is 0 Å². The average molecular weight is 325 g/mol. The topological polar surface area (TPSA) is 89.9 Å². The average Bonchev–Trinajstić information content (AvgIpc) is 3.15. The molecule has 3 aromatic rings. The maximum atomic E-state index is 12.8. The van der Waals surface area contributed by atoms with Crippen LogP contribution in [0.3, 0.4) is 0 Å². The fourth-order valence-electron chi connectivity index (χ4n) is 1.95. The van der Waals surface area contributed by atoms with E-state index in [-0.39, 0.29) is 11.4 Å². The molecule has 120 valence electrons. The fourth-order valence-corrected chi connectivity index (χ4v) is 1.95. The number of aromatic hydroxyl groups is 1. The minimum Gasteiger partial charge on any atom is -0.508 e. The zero-order chi connectivity index (χ0) is 16.4. The summed E-state index contributed by atoms with van der Waals surface area (Å²) in [7, 11) is 0. The number of nitrogens with zero attached hydrogens (tertiary/aromatic N) is 5. The molecule has 0 saturated heterocycles. The smallest absolute Gasteiger partial charge is 0.416 e. The van der Waals surface area contributed by atoms with Gasteiger partial charge < -0.3 is 9.52 Å². The number of aromatic nitrogens is 5. The molecule has 0 atom stereocenters. The Morgan fingerprint density at radius 3 is 2.74 bits per heavy atom. The van der Waals surface area contributed by atoms with E-state index in [1.807, 2.05) is 0 Å². The van der Waals surface area contributed by atoms with E-state index in [4.69, 9.17) is 4.42 Å². The molecule has 0 aliphatic carbocycles. The monoisotopic (exact) mass is 325 g/mol. The normalized spacial score (nSPS) is 11.8. The van der Waals surface area contributed by atoms with Crippen molar-refractivity contribution in [3.05, 3.63) is 42.4 Å². The van der Waals surface area contributed by atoms with Gasteiger partial charge in [0.2, 0.25) is 12.3 Å². The largest absolute Gasteiger partial charge is 0.508 e. The summed E-state index contributed by atoms with van der Waals surface area (Å²) >= 11 is 0. The van der Waals surface area contributed by atoms with E-state index in [1.54, 1.807) is 0 Å². The lowest BCUT2D eigenvalue weighted by Crippen LogP contribution is -2.05. The summed E-state index contributed by atoms with van der Waals surface area (Å²) in [4.78, 5) is 3.96. The molecule has 10 heteroatoms. The van der Waals surface area contributed by atoms with Crippen molar-refractivity contribution in [3.8, 4) is 17.1 Å². The molecular weight excluding hydrogens is 315 g/mol. The first-order valence-corrected chi connectivity index (χ1v) is 6.48. The first-order chi connectivity index (χ1) is 10.9. The molecule has 0 amide bonds. The maximum Gasteiger partial charge on any atom is 0.416 e. The van der Waals surface area contributed by atoms with Gasteiger partial charge in [0.1, 0.15) is 12.1 Å². The Morgan fingerprint density at radius 2 is 2.04 bits per heavy atom. The standard InChI is InChI=1S/C13H10F3N5O2/c14-13(15,16)9-3-8(4-10(22)5-9)12-17-6-21(20-12)2-1-11-19-18-7-23-11/h3-7,22H,1-2H2. The first kappa shape index (κ1) is 15.0. The molecule has 0 radical (unpaired) electrons. The number of hydrogen-bond acceptors (Lipinski definition) is 6. The third-order valence-electron chi connectivity index (χ3n) is 3.00. The molecule has 0 unspecified atom stereocenters. The van der Waals surface area contributed by atoms with Crippen molar-refractivity contribution in [2.45, 2.75) is 19.1 Å². The Kier molecular flexibility index (Phi) is 3.72. The first-order valence-electron chi connectivity index (χ1n) is 6.48. The van der Waals surface area contributed by atoms with Gasteiger partial charge in [-0.2, -0.15) is 18.3 Å². The van der Waals surface area contributed by atoms with Crippen LogP contribution in [0.15, 0.2) is 35.3 Å². The number of rotatable bonds is 4. The lowest BCUT2D eigenvalue weighted by molar-refractivity contribution is -0.137. The van der Waals surface area contributed by atoms with Crippen LogP contribution < -0.4 is 0 Å². The molecule has 0 bridgehead atoms. The highest BCUT2D eigenvalue weighted by Gasteiger charge is 2.31. The van der Waals surface area contributed by atoms with E-state index in [0.717, 1.165) is 6.07 Å². The summed E-state index contributed by atoms with van der Waals surface area (Å²) in [6.07, 6.45) is -1.57. The molecule has 7 nitrogen and oxygen atoms in total. The molecule has 0 aliphatic rings. The van der Waals surface area contributed by atoms with Crippen LogP contribution in [0.2, 0.25) is 0 Å². The van der Waals surface area contributed by atoms with Gasteiger partial charge in [-0.1, -0.05) is 0 Å². The Labute approximate surface area is 127 Å². The Morgan fingerprint density at radius 1 is 1.22 bits per heavy atom. The van der Waals surface area contributed by atoms with Crippen molar-refractivity contribution < 1.29 is 22.7 Å². The number of hydrogen-bond donors (Lipinski definition) is 1. The number of benzene rings is 1. The van der Waals surface area contributed by atoms with E-state index in [9.17, 15) is 18.3 Å². The number of phenolic OH excluding ortho intramolecular Hbond substituents is 1. The molecule has 0 aliphatic heterocycles. The predicted molar refractivity (Wildman–Crippen MR) is 70.1 cm³/mol. The second-order valence-electron chi connectivity index (χ2n) is 4.68. The number of aryl methyl sites for hydroxylation is 2. The Balaban J connectivity index is 1.81. The second-order valence-corrected chi connectivity index (χ2v) is 4.68. The lowest BCUT2D eigenvalue weighted by atomic mass is 10.1. The highest BCUT2D eigenvalue weighted by Crippen LogP contribution is 2.34. The fraction of sp³-hybridized carbons (Fsp3) is 0.231. The molecule has 0 spiro atoms. The molecule has 1 aromatic carbocycles. The summed E-state index contributed by atoms with van der Waals surface area (Å²) in [5.74, 6) is -0.00673. The highest BCUT2D eigenvalue weighted by atomic mass is 19.4. The quantitative estimate of drug-likeness (QED) is 0.791. The van der Waals surface area contributed by atoms with Gasteiger partial charge in [0, 0.05) is 12.0 Å². The molecule has 23 heavy (non-hydrogen) atoms. The summed E-state index contributed by atoms with van der Waals surface area (Å²) in [6, 6.07) is 2.71. The van der Waals surface area contributed by atoms with Gasteiger partial charge in [0.05, 0.1) is 12.1 Å². The molecule has 2 aromatic heterocycles. The van der Waals surface area contributed by atoms with Crippen LogP contribution in [-0.2, 0) is 19.1 Å². The number of phenols is 1. The zero-order valence-electron chi connectivity index (χ0n) is 11.5. The van der Waals surface area contributed by atoms with Crippen molar-refractivity contribution >= 4 is 0 Å². The van der Waals surface area contributed by atoms with Crippen LogP contribution in [0.5, 0.6) is 5.75 Å². The van der Waals surface area contributed by atoms with Crippen LogP contribution in [0.1, 0.15) is 11.5 Å². The molecule has 1 N–H and O–H groups in total. The summed E-state index contributed by atoms with van der Waals surface area (Å²) in [5.41, 5.74) is -0.886.